The molecule has 0 radical (unpaired) electrons. The molecule has 0 aliphatic rings. The molecule has 0 aromatic heterocycles. The van der Waals surface area contributed by atoms with E-state index in [1.807, 2.05) is 21.1 Å². The van der Waals surface area contributed by atoms with Gasteiger partial charge in [-0.3, -0.25) is 0 Å². The summed E-state index contributed by atoms with van der Waals surface area (Å²) in [5.74, 6) is -0.500. The number of ether oxygens (including phenoxy) is 1. The normalized spacial score (nSPS) is 13.1. The molecule has 0 spiro atoms. The molecule has 0 saturated heterocycles. The van der Waals surface area contributed by atoms with Crippen LogP contribution in [0, 0.1) is 0 Å². The number of nitrogens with zero attached hydrogens (tertiary/aromatic N) is 1. The number of hydrogen-bond acceptors (Lipinski definition) is 3. The molecule has 0 fully saturated rings. The Balaban J connectivity index is 0. The van der Waals surface area contributed by atoms with Gasteiger partial charge >= 0.3 is 13.2 Å². The largest absolute Gasteiger partial charge is 0.673 e. The van der Waals surface area contributed by atoms with Crippen LogP contribution < -0.4 is 0 Å². The Morgan fingerprint density at radius 2 is 1.78 bits per heavy atom. The van der Waals surface area contributed by atoms with E-state index in [1.165, 1.54) is 0 Å². The lowest BCUT2D eigenvalue weighted by molar-refractivity contribution is -0.873. The number of carbonyl (C=O) groups excluding carboxylic acids is 1. The first-order valence-electron chi connectivity index (χ1n) is 5.00. The highest BCUT2D eigenvalue weighted by Gasteiger charge is 2.20. The fraction of sp³-hybridized carbons (Fsp3) is 0.667. The van der Waals surface area contributed by atoms with Crippen molar-refractivity contribution in [1.29, 1.82) is 0 Å². The zero-order chi connectivity index (χ0) is 15.0. The molecule has 18 heavy (non-hydrogen) atoms. The van der Waals surface area contributed by atoms with Gasteiger partial charge in [-0.15, -0.1) is 0 Å². The van der Waals surface area contributed by atoms with Crippen LogP contribution in [0.15, 0.2) is 12.7 Å². The van der Waals surface area contributed by atoms with Gasteiger partial charge in [0.25, 0.3) is 0 Å². The van der Waals surface area contributed by atoms with Crippen molar-refractivity contribution in [1.82, 2.24) is 0 Å². The van der Waals surface area contributed by atoms with Crippen molar-refractivity contribution in [2.75, 3.05) is 34.3 Å². The first-order chi connectivity index (χ1) is 7.85. The first-order valence-corrected chi connectivity index (χ1v) is 5.00. The van der Waals surface area contributed by atoms with Crippen molar-refractivity contribution < 1.29 is 36.4 Å². The lowest BCUT2D eigenvalue weighted by Crippen LogP contribution is -2.43. The van der Waals surface area contributed by atoms with Gasteiger partial charge in [-0.2, -0.15) is 0 Å². The second kappa shape index (κ2) is 8.09. The van der Waals surface area contributed by atoms with E-state index in [2.05, 4.69) is 11.3 Å². The summed E-state index contributed by atoms with van der Waals surface area (Å²) in [6.45, 7) is 3.83. The summed E-state index contributed by atoms with van der Waals surface area (Å²) in [6, 6.07) is 0. The molecule has 4 nitrogen and oxygen atoms in total. The van der Waals surface area contributed by atoms with Crippen molar-refractivity contribution in [3.63, 3.8) is 0 Å². The number of esters is 1. The van der Waals surface area contributed by atoms with Crippen LogP contribution in [0.25, 0.3) is 0 Å². The minimum Gasteiger partial charge on any atom is -0.460 e. The molecule has 0 aliphatic carbocycles. The molecular formula is C9H18BF4NO3. The molecule has 0 saturated carbocycles. The van der Waals surface area contributed by atoms with Gasteiger partial charge in [0.15, 0.2) is 0 Å². The van der Waals surface area contributed by atoms with Gasteiger partial charge in [0, 0.05) is 6.08 Å². The highest BCUT2D eigenvalue weighted by molar-refractivity contribution is 6.50. The molecule has 9 heteroatoms. The molecule has 0 amide bonds. The monoisotopic (exact) mass is 275 g/mol. The number of aliphatic hydroxyl groups is 1. The third-order valence-electron chi connectivity index (χ3n) is 1.34. The van der Waals surface area contributed by atoms with Crippen LogP contribution in [0.1, 0.15) is 0 Å². The number of hydrogen-bond donors (Lipinski definition) is 1. The van der Waals surface area contributed by atoms with E-state index in [4.69, 9.17) is 0 Å². The van der Waals surface area contributed by atoms with E-state index < -0.39 is 19.3 Å². The zero-order valence-corrected chi connectivity index (χ0v) is 10.6. The Hall–Kier alpha value is -1.09. The average Bonchev–Trinajstić information content (AvgIpc) is 2.08. The minimum absolute atomic E-state index is 0.0281. The molecule has 1 N–H and O–H groups in total. The summed E-state index contributed by atoms with van der Waals surface area (Å²) >= 11 is 0. The molecule has 1 unspecified atom stereocenters. The molecule has 0 heterocycles. The molecule has 0 bridgehead atoms. The highest BCUT2D eigenvalue weighted by Crippen LogP contribution is 2.06. The van der Waals surface area contributed by atoms with Crippen LogP contribution in [0.2, 0.25) is 0 Å². The van der Waals surface area contributed by atoms with Gasteiger partial charge in [0.2, 0.25) is 0 Å². The van der Waals surface area contributed by atoms with Gasteiger partial charge < -0.3 is 31.6 Å². The second-order valence-corrected chi connectivity index (χ2v) is 4.46. The van der Waals surface area contributed by atoms with E-state index in [0.29, 0.717) is 11.0 Å². The zero-order valence-electron chi connectivity index (χ0n) is 10.6. The molecule has 1 atom stereocenters. The molecule has 0 aliphatic heterocycles. The number of quaternary nitrogens is 1. The third kappa shape index (κ3) is 24.2. The first kappa shape index (κ1) is 19.3. The number of likely N-dealkylation sites (N-methyl/N-ethyl adjacent to an activating group) is 1. The van der Waals surface area contributed by atoms with Crippen LogP contribution >= 0.6 is 0 Å². The van der Waals surface area contributed by atoms with Gasteiger partial charge in [-0.25, -0.2) is 4.79 Å². The van der Waals surface area contributed by atoms with E-state index in [9.17, 15) is 27.2 Å². The predicted octanol–water partition coefficient (Wildman–Crippen LogP) is 1.08. The van der Waals surface area contributed by atoms with Gasteiger partial charge in [0.1, 0.15) is 19.3 Å². The SMILES string of the molecule is C=CC(=O)OCC(O)C[N+](C)(C)C.F[B-](F)(F)F. The lowest BCUT2D eigenvalue weighted by Gasteiger charge is -2.26. The smallest absolute Gasteiger partial charge is 0.460 e. The summed E-state index contributed by atoms with van der Waals surface area (Å²) < 4.78 is 44.3. The maximum absolute atomic E-state index is 10.6. The van der Waals surface area contributed by atoms with Gasteiger partial charge in [-0.1, -0.05) is 6.58 Å². The minimum atomic E-state index is -6.00. The van der Waals surface area contributed by atoms with Crippen LogP contribution in [-0.2, 0) is 9.53 Å². The standard InChI is InChI=1S/C9H18NO3.BF4/c1-5-9(12)13-7-8(11)6-10(2,3)4;2-1(3,4)5/h5,8,11H,1,6-7H2,2-4H3;/q+1;-1. The van der Waals surface area contributed by atoms with Crippen molar-refractivity contribution in [2.24, 2.45) is 0 Å². The van der Waals surface area contributed by atoms with Gasteiger partial charge in [-0.05, 0) is 0 Å². The maximum atomic E-state index is 10.6. The van der Waals surface area contributed by atoms with Crippen LogP contribution in [0.5, 0.6) is 0 Å². The van der Waals surface area contributed by atoms with Crippen LogP contribution in [0.3, 0.4) is 0 Å². The summed E-state index contributed by atoms with van der Waals surface area (Å²) in [5, 5.41) is 9.40. The predicted molar refractivity (Wildman–Crippen MR) is 60.2 cm³/mol. The Bertz CT molecular complexity index is 260. The molecule has 0 rings (SSSR count). The summed E-state index contributed by atoms with van der Waals surface area (Å²) in [4.78, 5) is 10.6. The van der Waals surface area contributed by atoms with Crippen molar-refractivity contribution in [2.45, 2.75) is 6.10 Å². The average molecular weight is 275 g/mol. The van der Waals surface area contributed by atoms with Crippen molar-refractivity contribution >= 4 is 13.2 Å². The highest BCUT2D eigenvalue weighted by atomic mass is 19.5. The van der Waals surface area contributed by atoms with E-state index in [1.54, 1.807) is 0 Å². The summed E-state index contributed by atoms with van der Waals surface area (Å²) in [5.41, 5.74) is 0. The maximum Gasteiger partial charge on any atom is 0.673 e. The second-order valence-electron chi connectivity index (χ2n) is 4.46. The number of carbonyl (C=O) groups is 1. The van der Waals surface area contributed by atoms with Gasteiger partial charge in [0.05, 0.1) is 21.1 Å². The van der Waals surface area contributed by atoms with E-state index >= 15 is 0 Å². The van der Waals surface area contributed by atoms with E-state index in [-0.39, 0.29) is 6.61 Å². The number of rotatable bonds is 5. The van der Waals surface area contributed by atoms with Crippen molar-refractivity contribution in [3.8, 4) is 0 Å². The molecular weight excluding hydrogens is 257 g/mol. The topological polar surface area (TPSA) is 46.5 Å². The quantitative estimate of drug-likeness (QED) is 0.268. The fourth-order valence-corrected chi connectivity index (χ4v) is 0.922. The Labute approximate surface area is 104 Å². The fourth-order valence-electron chi connectivity index (χ4n) is 0.922. The van der Waals surface area contributed by atoms with Crippen LogP contribution in [-0.4, -0.2) is 63.2 Å². The summed E-state index contributed by atoms with van der Waals surface area (Å²) in [6.07, 6.45) is 0.461. The number of halogens is 4. The lowest BCUT2D eigenvalue weighted by atomic mass is 10.3. The molecule has 0 aromatic rings. The number of aliphatic hydroxyl groups excluding tert-OH is 1. The third-order valence-corrected chi connectivity index (χ3v) is 1.34. The summed E-state index contributed by atoms with van der Waals surface area (Å²) in [7, 11) is -0.129. The van der Waals surface area contributed by atoms with E-state index in [0.717, 1.165) is 6.08 Å². The van der Waals surface area contributed by atoms with Crippen LogP contribution in [0.4, 0.5) is 17.3 Å². The molecule has 108 valence electrons. The Kier molecular flexibility index (Phi) is 8.66. The van der Waals surface area contributed by atoms with Crippen molar-refractivity contribution in [3.05, 3.63) is 12.7 Å². The Morgan fingerprint density at radius 1 is 1.39 bits per heavy atom. The Morgan fingerprint density at radius 3 is 2.06 bits per heavy atom. The molecule has 0 aromatic carbocycles.